The molecule has 0 saturated heterocycles. The zero-order chi connectivity index (χ0) is 70.5. The highest BCUT2D eigenvalue weighted by atomic mass is 15.2. The first kappa shape index (κ1) is 61.6. The maximum Gasteiger partial charge on any atom is 0.0731 e. The second-order valence-electron chi connectivity index (χ2n) is 28.3. The Labute approximate surface area is 622 Å². The number of para-hydroxylation sites is 4. The van der Waals surface area contributed by atoms with Crippen molar-refractivity contribution in [3.63, 3.8) is 0 Å². The molecule has 0 radical (unpaired) electrons. The summed E-state index contributed by atoms with van der Waals surface area (Å²) in [5.41, 5.74) is 34.3. The van der Waals surface area contributed by atoms with Gasteiger partial charge in [-0.3, -0.25) is 0 Å². The molecule has 4 heteroatoms. The summed E-state index contributed by atoms with van der Waals surface area (Å²) in [4.78, 5) is 4.95. The van der Waals surface area contributed by atoms with Crippen LogP contribution >= 0.6 is 0 Å². The normalized spacial score (nSPS) is 12.4. The van der Waals surface area contributed by atoms with Gasteiger partial charge in [0, 0.05) is 67.0 Å². The molecule has 0 unspecified atom stereocenters. The first-order chi connectivity index (χ1) is 53.1. The van der Waals surface area contributed by atoms with E-state index < -0.39 is 5.41 Å². The highest BCUT2D eigenvalue weighted by Gasteiger charge is 2.52. The van der Waals surface area contributed by atoms with E-state index in [4.69, 9.17) is 0 Å². The third kappa shape index (κ3) is 9.98. The van der Waals surface area contributed by atoms with Crippen molar-refractivity contribution in [2.45, 2.75) is 5.41 Å². The largest absolute Gasteiger partial charge is 0.310 e. The molecule has 107 heavy (non-hydrogen) atoms. The molecule has 2 heterocycles. The number of benzene rings is 17. The second-order valence-corrected chi connectivity index (χ2v) is 28.3. The minimum atomic E-state index is -0.615. The van der Waals surface area contributed by atoms with Crippen LogP contribution in [0.2, 0.25) is 0 Å². The van der Waals surface area contributed by atoms with Gasteiger partial charge in [0.05, 0.1) is 27.5 Å². The zero-order valence-electron chi connectivity index (χ0n) is 58.5. The molecule has 0 atom stereocenters. The van der Waals surface area contributed by atoms with Crippen LogP contribution in [0, 0.1) is 0 Å². The third-order valence-corrected chi connectivity index (χ3v) is 22.5. The van der Waals surface area contributed by atoms with Crippen molar-refractivity contribution in [3.8, 4) is 89.3 Å². The number of nitrogens with zero attached hydrogens (tertiary/aromatic N) is 4. The van der Waals surface area contributed by atoms with Gasteiger partial charge in [-0.2, -0.15) is 0 Å². The summed E-state index contributed by atoms with van der Waals surface area (Å²) in [6.07, 6.45) is 0. The van der Waals surface area contributed by atoms with Crippen LogP contribution in [0.3, 0.4) is 0 Å². The summed E-state index contributed by atoms with van der Waals surface area (Å²) >= 11 is 0. The van der Waals surface area contributed by atoms with Crippen molar-refractivity contribution >= 4 is 77.7 Å². The van der Waals surface area contributed by atoms with Crippen LogP contribution in [0.4, 0.5) is 34.1 Å². The molecule has 2 aromatic heterocycles. The van der Waals surface area contributed by atoms with Gasteiger partial charge in [0.2, 0.25) is 0 Å². The first-order valence-corrected chi connectivity index (χ1v) is 37.0. The SMILES string of the molecule is c1ccc(-c2ccc(N(c3ccc(-c4ccc5c(c4)c4ccccc4n5-c4ccccc4)cc3)c3cc(-c4cccc5c4C4(c6ccccc6-c6ccccc64)c4ccccc4-5)cc(N(c4ccc(-c5ccccc5)cc4)c4ccc(-c5ccc6c(c5)c5ccccc5n6-c5ccccc5)cc4)c3)cc2)cc1. The number of aromatic nitrogens is 2. The Morgan fingerprint density at radius 1 is 0.178 bits per heavy atom. The second kappa shape index (κ2) is 25.1. The summed E-state index contributed by atoms with van der Waals surface area (Å²) in [7, 11) is 0. The Morgan fingerprint density at radius 3 is 0.888 bits per heavy atom. The average molecular weight is 1360 g/mol. The molecule has 19 aromatic rings. The molecule has 1 spiro atoms. The molecule has 4 nitrogen and oxygen atoms in total. The number of hydrogen-bond acceptors (Lipinski definition) is 2. The van der Waals surface area contributed by atoms with E-state index >= 15 is 0 Å². The maximum absolute atomic E-state index is 2.47. The molecule has 0 saturated carbocycles. The van der Waals surface area contributed by atoms with Crippen LogP contribution in [0.5, 0.6) is 0 Å². The first-order valence-electron chi connectivity index (χ1n) is 37.0. The predicted molar refractivity (Wildman–Crippen MR) is 448 cm³/mol. The zero-order valence-corrected chi connectivity index (χ0v) is 58.5. The highest BCUT2D eigenvalue weighted by molar-refractivity contribution is 6.12. The van der Waals surface area contributed by atoms with E-state index in [-0.39, 0.29) is 0 Å². The molecule has 21 rings (SSSR count). The lowest BCUT2D eigenvalue weighted by atomic mass is 9.68. The number of anilines is 6. The molecule has 0 aliphatic heterocycles. The Balaban J connectivity index is 0.785. The fraction of sp³-hybridized carbons (Fsp3) is 0.00971. The molecule has 2 aliphatic rings. The van der Waals surface area contributed by atoms with Crippen LogP contribution in [0.1, 0.15) is 22.3 Å². The summed E-state index contributed by atoms with van der Waals surface area (Å²) in [5, 5.41) is 4.89. The molecule has 2 aliphatic carbocycles. The predicted octanol–water partition coefficient (Wildman–Crippen LogP) is 27.5. The Kier molecular flexibility index (Phi) is 14.5. The van der Waals surface area contributed by atoms with Gasteiger partial charge < -0.3 is 18.9 Å². The summed E-state index contributed by atoms with van der Waals surface area (Å²) in [6, 6.07) is 153. The lowest BCUT2D eigenvalue weighted by molar-refractivity contribution is 0.796. The van der Waals surface area contributed by atoms with Crippen LogP contribution in [0.15, 0.2) is 413 Å². The lowest BCUT2D eigenvalue weighted by Gasteiger charge is -2.33. The van der Waals surface area contributed by atoms with Gasteiger partial charge in [-0.1, -0.05) is 285 Å². The van der Waals surface area contributed by atoms with Crippen LogP contribution in [0.25, 0.3) is 133 Å². The molecule has 0 fully saturated rings. The Morgan fingerprint density at radius 2 is 0.477 bits per heavy atom. The minimum Gasteiger partial charge on any atom is -0.310 e. The van der Waals surface area contributed by atoms with Crippen LogP contribution < -0.4 is 9.80 Å². The molecule has 0 N–H and O–H groups in total. The quantitative estimate of drug-likeness (QED) is 0.114. The summed E-state index contributed by atoms with van der Waals surface area (Å²) in [5.74, 6) is 0. The standard InChI is InChI=1S/C103H68N4/c1-5-24-69(25-6-1)71-44-54-80(55-45-71)104(82-58-48-73(49-59-82)75-52-62-100-93(66-75)90-35-16-21-42-98(90)106(100)78-28-9-3-10-29-78)84-64-77(86-37-23-38-92-89-34-15-20-41-97(89)103(102(86)92)95-39-18-13-32-87(95)88-33-14-19-40-96(88)103)65-85(68-84)105(81-56-46-72(47-57-81)70-26-7-2-8-27-70)83-60-50-74(51-61-83)76-53-63-101-94(67-76)91-36-17-22-43-99(91)107(101)79-30-11-4-12-31-79/h1-68H. The van der Waals surface area contributed by atoms with Gasteiger partial charge in [-0.15, -0.1) is 0 Å². The van der Waals surface area contributed by atoms with Crippen molar-refractivity contribution in [2.24, 2.45) is 0 Å². The van der Waals surface area contributed by atoms with E-state index in [9.17, 15) is 0 Å². The Hall–Kier alpha value is -14.1. The van der Waals surface area contributed by atoms with Crippen molar-refractivity contribution in [2.75, 3.05) is 9.80 Å². The molecular weight excluding hydrogens is 1290 g/mol. The van der Waals surface area contributed by atoms with E-state index in [1.807, 2.05) is 0 Å². The van der Waals surface area contributed by atoms with Gasteiger partial charge in [0.15, 0.2) is 0 Å². The molecule has 0 amide bonds. The molecule has 17 aromatic carbocycles. The van der Waals surface area contributed by atoms with Crippen molar-refractivity contribution in [1.82, 2.24) is 9.13 Å². The number of rotatable bonds is 13. The molecule has 500 valence electrons. The fourth-order valence-corrected chi connectivity index (χ4v) is 17.8. The summed E-state index contributed by atoms with van der Waals surface area (Å²) < 4.78 is 4.78. The van der Waals surface area contributed by atoms with E-state index in [1.54, 1.807) is 0 Å². The van der Waals surface area contributed by atoms with Gasteiger partial charge in [0.25, 0.3) is 0 Å². The highest BCUT2D eigenvalue weighted by Crippen LogP contribution is 2.65. The lowest BCUT2D eigenvalue weighted by Crippen LogP contribution is -2.26. The molecule has 0 bridgehead atoms. The van der Waals surface area contributed by atoms with E-state index in [0.717, 1.165) is 84.4 Å². The fourth-order valence-electron chi connectivity index (χ4n) is 17.8. The monoisotopic (exact) mass is 1360 g/mol. The average Bonchev–Trinajstić information content (AvgIpc) is 1.50. The van der Waals surface area contributed by atoms with Gasteiger partial charge in [-0.05, 0) is 228 Å². The van der Waals surface area contributed by atoms with Crippen molar-refractivity contribution in [1.29, 1.82) is 0 Å². The van der Waals surface area contributed by atoms with Crippen LogP contribution in [-0.4, -0.2) is 9.13 Å². The Bertz CT molecular complexity index is 6270. The number of fused-ring (bicyclic) bond motifs is 16. The summed E-state index contributed by atoms with van der Waals surface area (Å²) in [6.45, 7) is 0. The van der Waals surface area contributed by atoms with E-state index in [0.29, 0.717) is 0 Å². The topological polar surface area (TPSA) is 16.3 Å². The smallest absolute Gasteiger partial charge is 0.0731 e. The van der Waals surface area contributed by atoms with Crippen LogP contribution in [-0.2, 0) is 5.41 Å². The van der Waals surface area contributed by atoms with E-state index in [2.05, 4.69) is 431 Å². The van der Waals surface area contributed by atoms with Gasteiger partial charge in [-0.25, -0.2) is 0 Å². The molecular formula is C103H68N4. The maximum atomic E-state index is 2.47. The van der Waals surface area contributed by atoms with E-state index in [1.165, 1.54) is 105 Å². The third-order valence-electron chi connectivity index (χ3n) is 22.5. The van der Waals surface area contributed by atoms with Gasteiger partial charge in [0.1, 0.15) is 0 Å². The van der Waals surface area contributed by atoms with Crippen molar-refractivity contribution in [3.05, 3.63) is 435 Å². The van der Waals surface area contributed by atoms with Crippen molar-refractivity contribution < 1.29 is 0 Å². The van der Waals surface area contributed by atoms with Gasteiger partial charge >= 0.3 is 0 Å². The minimum absolute atomic E-state index is 0.615. The number of hydrogen-bond donors (Lipinski definition) is 0.